The van der Waals surface area contributed by atoms with Crippen molar-refractivity contribution >= 4 is 18.9 Å². The van der Waals surface area contributed by atoms with Gasteiger partial charge in [0.25, 0.3) is 0 Å². The van der Waals surface area contributed by atoms with Crippen LogP contribution >= 0.6 is 18.9 Å². The third-order valence-electron chi connectivity index (χ3n) is 5.74. The van der Waals surface area contributed by atoms with E-state index in [1.165, 1.54) is 32.1 Å². The third kappa shape index (κ3) is 4.85. The minimum atomic E-state index is -0.418. The predicted molar refractivity (Wildman–Crippen MR) is 94.3 cm³/mol. The highest BCUT2D eigenvalue weighted by Gasteiger charge is 2.42. The third-order valence-corrected chi connectivity index (χ3v) is 6.40. The van der Waals surface area contributed by atoms with Crippen LogP contribution in [0.2, 0.25) is 0 Å². The van der Waals surface area contributed by atoms with E-state index < -0.39 is 6.10 Å². The molecule has 2 N–H and O–H groups in total. The van der Waals surface area contributed by atoms with Gasteiger partial charge in [-0.2, -0.15) is 0 Å². The molecule has 0 aromatic rings. The molecule has 0 aliphatic heterocycles. The first-order valence-corrected chi connectivity index (χ1v) is 9.56. The van der Waals surface area contributed by atoms with Gasteiger partial charge in [-0.15, -0.1) is 0 Å². The van der Waals surface area contributed by atoms with Crippen molar-refractivity contribution in [3.8, 4) is 0 Å². The Bertz CT molecular complexity index is 331. The molecule has 2 rings (SSSR count). The minimum absolute atomic E-state index is 0.0473. The molecule has 0 spiro atoms. The van der Waals surface area contributed by atoms with Crippen molar-refractivity contribution in [1.29, 1.82) is 1.28 Å². The maximum Gasteiger partial charge on any atom is 0.0851 e. The van der Waals surface area contributed by atoms with Crippen molar-refractivity contribution < 1.29 is 19.3 Å². The first-order valence-electron chi connectivity index (χ1n) is 9.18. The van der Waals surface area contributed by atoms with Gasteiger partial charge >= 0.3 is 0 Å². The van der Waals surface area contributed by atoms with Gasteiger partial charge in [0.15, 0.2) is 0 Å². The molecule has 2 aliphatic carbocycles. The van der Waals surface area contributed by atoms with Crippen molar-refractivity contribution in [2.24, 2.45) is 17.8 Å². The summed E-state index contributed by atoms with van der Waals surface area (Å²) < 4.78 is 18.6. The standard InChI is InChI=1S/C16H32O4P2/c17-9-8-12-13(16(20-22)10-14(12)18)6-7-15(19-21)11-4-2-1-3-5-11/h11-18H,1-10,21-22H2/t12-,13-,14+,15-,16-/m1/s1/i22T/t12-,13-,14+,15-,16-,22?. The number of aliphatic hydroxyl groups excluding tert-OH is 2. The zero-order valence-corrected chi connectivity index (χ0v) is 15.5. The summed E-state index contributed by atoms with van der Waals surface area (Å²) in [5.74, 6) is 0.945. The molecule has 2 fully saturated rings. The molecular formula is C16H32O4P2. The largest absolute Gasteiger partial charge is 0.396 e. The van der Waals surface area contributed by atoms with Crippen LogP contribution in [0.5, 0.6) is 0 Å². The Morgan fingerprint density at radius 1 is 1.18 bits per heavy atom. The quantitative estimate of drug-likeness (QED) is 0.626. The molecular weight excluding hydrogens is 318 g/mol. The number of aliphatic hydroxyl groups is 2. The second-order valence-electron chi connectivity index (χ2n) is 6.95. The van der Waals surface area contributed by atoms with Crippen LogP contribution in [-0.2, 0) is 9.05 Å². The van der Waals surface area contributed by atoms with Crippen molar-refractivity contribution in [2.75, 3.05) is 6.61 Å². The van der Waals surface area contributed by atoms with Gasteiger partial charge < -0.3 is 19.3 Å². The Morgan fingerprint density at radius 3 is 2.59 bits per heavy atom. The first-order chi connectivity index (χ1) is 11.2. The summed E-state index contributed by atoms with van der Waals surface area (Å²) >= 11 is 0. The minimum Gasteiger partial charge on any atom is -0.396 e. The second kappa shape index (κ2) is 9.87. The molecule has 130 valence electrons. The highest BCUT2D eigenvalue weighted by molar-refractivity contribution is 7.10. The summed E-state index contributed by atoms with van der Waals surface area (Å²) in [5, 5.41) is 19.6. The lowest BCUT2D eigenvalue weighted by Crippen LogP contribution is -2.28. The zero-order chi connectivity index (χ0) is 16.7. The lowest BCUT2D eigenvalue weighted by atomic mass is 9.80. The van der Waals surface area contributed by atoms with Crippen molar-refractivity contribution in [1.82, 2.24) is 0 Å². The first kappa shape index (κ1) is 17.5. The van der Waals surface area contributed by atoms with E-state index in [4.69, 9.17) is 10.3 Å². The summed E-state index contributed by atoms with van der Waals surface area (Å²) in [7, 11) is 2.14. The zero-order valence-electron chi connectivity index (χ0n) is 14.3. The van der Waals surface area contributed by atoms with Crippen LogP contribution in [0.15, 0.2) is 0 Å². The summed E-state index contributed by atoms with van der Waals surface area (Å²) in [6.45, 7) is 0.0975. The topological polar surface area (TPSA) is 58.9 Å². The lowest BCUT2D eigenvalue weighted by molar-refractivity contribution is 0.0741. The van der Waals surface area contributed by atoms with E-state index in [1.54, 1.807) is 0 Å². The monoisotopic (exact) mass is 352 g/mol. The normalized spacial score (nSPS) is 36.0. The molecule has 0 radical (unpaired) electrons. The van der Waals surface area contributed by atoms with Gasteiger partial charge in [-0.1, -0.05) is 19.3 Å². The summed E-state index contributed by atoms with van der Waals surface area (Å²) in [6.07, 6.45) is 9.35. The molecule has 2 unspecified atom stereocenters. The fraction of sp³-hybridized carbons (Fsp3) is 1.00. The molecule has 0 saturated heterocycles. The molecule has 2 aliphatic rings. The average Bonchev–Trinajstić information content (AvgIpc) is 2.85. The van der Waals surface area contributed by atoms with E-state index in [9.17, 15) is 10.2 Å². The smallest absolute Gasteiger partial charge is 0.0851 e. The molecule has 0 amide bonds. The maximum atomic E-state index is 10.3. The highest BCUT2D eigenvalue weighted by Crippen LogP contribution is 2.41. The van der Waals surface area contributed by atoms with Crippen LogP contribution in [-0.4, -0.2) is 36.4 Å². The molecule has 22 heavy (non-hydrogen) atoms. The van der Waals surface area contributed by atoms with Gasteiger partial charge in [0.05, 0.1) is 19.6 Å². The van der Waals surface area contributed by atoms with Gasteiger partial charge in [0, 0.05) is 31.9 Å². The van der Waals surface area contributed by atoms with Crippen molar-refractivity contribution in [3.63, 3.8) is 0 Å². The van der Waals surface area contributed by atoms with Crippen LogP contribution in [0.4, 0.5) is 0 Å². The van der Waals surface area contributed by atoms with Gasteiger partial charge in [0.2, 0.25) is 0 Å². The molecule has 0 bridgehead atoms. The van der Waals surface area contributed by atoms with Crippen molar-refractivity contribution in [2.45, 2.75) is 76.1 Å². The number of rotatable bonds is 9. The van der Waals surface area contributed by atoms with Gasteiger partial charge in [-0.05, 0) is 49.9 Å². The van der Waals surface area contributed by atoms with E-state index in [-0.39, 0.29) is 40.1 Å². The average molecular weight is 352 g/mol. The van der Waals surface area contributed by atoms with E-state index in [2.05, 4.69) is 9.47 Å². The molecule has 6 heteroatoms. The fourth-order valence-corrected chi connectivity index (χ4v) is 5.15. The molecule has 7 atom stereocenters. The van der Waals surface area contributed by atoms with Crippen LogP contribution in [0, 0.1) is 17.8 Å². The van der Waals surface area contributed by atoms with Gasteiger partial charge in [-0.25, -0.2) is 0 Å². The van der Waals surface area contributed by atoms with Crippen molar-refractivity contribution in [3.05, 3.63) is 0 Å². The number of hydrogen-bond donors (Lipinski definition) is 2. The van der Waals surface area contributed by atoms with E-state index in [0.717, 1.165) is 12.8 Å². The van der Waals surface area contributed by atoms with E-state index in [0.29, 0.717) is 18.8 Å². The molecule has 0 aromatic heterocycles. The molecule has 0 aromatic carbocycles. The predicted octanol–water partition coefficient (Wildman–Crippen LogP) is 3.08. The summed E-state index contributed by atoms with van der Waals surface area (Å²) in [5.41, 5.74) is 0. The Labute approximate surface area is 140 Å². The summed E-state index contributed by atoms with van der Waals surface area (Å²) in [4.78, 5) is 0. The molecule has 0 heterocycles. The maximum absolute atomic E-state index is 10.3. The lowest BCUT2D eigenvalue weighted by Gasteiger charge is -2.31. The van der Waals surface area contributed by atoms with Crippen LogP contribution in [0.1, 0.15) is 57.8 Å². The van der Waals surface area contributed by atoms with Crippen LogP contribution in [0.3, 0.4) is 0 Å². The second-order valence-corrected chi connectivity index (χ2v) is 7.46. The fourth-order valence-electron chi connectivity index (χ4n) is 4.52. The van der Waals surface area contributed by atoms with Gasteiger partial charge in [-0.3, -0.25) is 0 Å². The SMILES string of the molecule is [3H]PO[C@@H]1C[C@H](O)[C@H](CCO)[C@H]1CC[C@@H](OP)C1CCCCC1. The molecule has 2 saturated carbocycles. The summed E-state index contributed by atoms with van der Waals surface area (Å²) in [6, 6.07) is 0. The Hall–Kier alpha value is 0.700. The van der Waals surface area contributed by atoms with E-state index >= 15 is 0 Å². The van der Waals surface area contributed by atoms with Gasteiger partial charge in [0.1, 0.15) is 0 Å². The van der Waals surface area contributed by atoms with Crippen LogP contribution in [0.25, 0.3) is 0 Å². The highest BCUT2D eigenvalue weighted by atomic mass is 31.0. The number of hydrogen-bond acceptors (Lipinski definition) is 4. The Morgan fingerprint density at radius 2 is 1.95 bits per heavy atom. The Kier molecular flexibility index (Phi) is 7.86. The molecule has 4 nitrogen and oxygen atoms in total. The van der Waals surface area contributed by atoms with E-state index in [1.807, 2.05) is 0 Å². The Balaban J connectivity index is 1.92. The van der Waals surface area contributed by atoms with Crippen LogP contribution < -0.4 is 0 Å².